The Hall–Kier alpha value is -0.290. The fourth-order valence-corrected chi connectivity index (χ4v) is 3.37. The van der Waals surface area contributed by atoms with Crippen molar-refractivity contribution in [2.24, 2.45) is 0 Å². The standard InChI is InChI=1S/C15H32O4S.C6H15NO3/c1-2-3-4-5-6-7-8-9-10-11-12-13-14-15-19-20(16,17)18;8-4-1-7(2-5-9)3-6-10/h2-15H2,1H3,(H,16,17,18);8-10H,1-6H2. The van der Waals surface area contributed by atoms with Crippen molar-refractivity contribution < 1.29 is 32.5 Å². The van der Waals surface area contributed by atoms with E-state index in [1.54, 1.807) is 4.90 Å². The van der Waals surface area contributed by atoms with Crippen LogP contribution in [0.3, 0.4) is 0 Å². The molecule has 184 valence electrons. The topological polar surface area (TPSA) is 128 Å². The molecule has 0 atom stereocenters. The van der Waals surface area contributed by atoms with E-state index < -0.39 is 10.4 Å². The van der Waals surface area contributed by atoms with Gasteiger partial charge in [0, 0.05) is 19.6 Å². The number of rotatable bonds is 21. The van der Waals surface area contributed by atoms with Crippen LogP contribution in [0.25, 0.3) is 0 Å². The lowest BCUT2D eigenvalue weighted by Crippen LogP contribution is -2.32. The van der Waals surface area contributed by atoms with E-state index in [4.69, 9.17) is 19.9 Å². The molecule has 4 N–H and O–H groups in total. The van der Waals surface area contributed by atoms with Crippen molar-refractivity contribution in [3.05, 3.63) is 0 Å². The molecule has 9 heteroatoms. The second-order valence-corrected chi connectivity index (χ2v) is 8.60. The van der Waals surface area contributed by atoms with Crippen LogP contribution < -0.4 is 0 Å². The third kappa shape index (κ3) is 29.9. The Morgan fingerprint density at radius 2 is 0.967 bits per heavy atom. The lowest BCUT2D eigenvalue weighted by Gasteiger charge is -2.17. The molecule has 0 heterocycles. The summed E-state index contributed by atoms with van der Waals surface area (Å²) in [5.74, 6) is 0. The molecule has 0 rings (SSSR count). The van der Waals surface area contributed by atoms with Crippen molar-refractivity contribution >= 4 is 10.4 Å². The summed E-state index contributed by atoms with van der Waals surface area (Å²) in [7, 11) is -4.24. The SMILES string of the molecule is CCCCCCCCCCCCCCCOS(=O)(=O)O.OCCN(CCO)CCO. The third-order valence-corrected chi connectivity index (χ3v) is 5.19. The quantitative estimate of drug-likeness (QED) is 0.153. The van der Waals surface area contributed by atoms with Crippen molar-refractivity contribution in [3.8, 4) is 0 Å². The van der Waals surface area contributed by atoms with Gasteiger partial charge in [-0.05, 0) is 6.42 Å². The molecule has 0 aliphatic rings. The van der Waals surface area contributed by atoms with E-state index in [1.165, 1.54) is 64.2 Å². The molecule has 0 aromatic rings. The van der Waals surface area contributed by atoms with Gasteiger partial charge in [-0.2, -0.15) is 8.42 Å². The minimum Gasteiger partial charge on any atom is -0.395 e. The maximum Gasteiger partial charge on any atom is 0.397 e. The van der Waals surface area contributed by atoms with Crippen molar-refractivity contribution in [2.75, 3.05) is 46.1 Å². The monoisotopic (exact) mass is 457 g/mol. The molecule has 8 nitrogen and oxygen atoms in total. The molecule has 0 aromatic carbocycles. The lowest BCUT2D eigenvalue weighted by molar-refractivity contribution is 0.136. The van der Waals surface area contributed by atoms with E-state index in [1.807, 2.05) is 0 Å². The molecule has 0 radical (unpaired) electrons. The molecule has 0 aliphatic heterocycles. The van der Waals surface area contributed by atoms with Crippen LogP contribution in [0.2, 0.25) is 0 Å². The van der Waals surface area contributed by atoms with Crippen molar-refractivity contribution in [3.63, 3.8) is 0 Å². The molecular weight excluding hydrogens is 410 g/mol. The highest BCUT2D eigenvalue weighted by Crippen LogP contribution is 2.12. The number of unbranched alkanes of at least 4 members (excludes halogenated alkanes) is 12. The molecule has 0 unspecified atom stereocenters. The third-order valence-electron chi connectivity index (χ3n) is 4.73. The van der Waals surface area contributed by atoms with Crippen LogP contribution in [-0.2, 0) is 14.6 Å². The average molecular weight is 458 g/mol. The normalized spacial score (nSPS) is 11.5. The van der Waals surface area contributed by atoms with E-state index in [2.05, 4.69) is 11.1 Å². The van der Waals surface area contributed by atoms with Gasteiger partial charge in [-0.15, -0.1) is 0 Å². The molecule has 0 aromatic heterocycles. The molecule has 0 fully saturated rings. The summed E-state index contributed by atoms with van der Waals surface area (Å²) < 4.78 is 33.2. The zero-order valence-corrected chi connectivity index (χ0v) is 19.8. The first-order valence-electron chi connectivity index (χ1n) is 11.6. The highest BCUT2D eigenvalue weighted by Gasteiger charge is 2.02. The Labute approximate surface area is 184 Å². The van der Waals surface area contributed by atoms with Gasteiger partial charge in [-0.3, -0.25) is 9.45 Å². The first-order chi connectivity index (χ1) is 14.4. The predicted molar refractivity (Wildman–Crippen MR) is 121 cm³/mol. The zero-order chi connectivity index (χ0) is 22.9. The van der Waals surface area contributed by atoms with E-state index in [0.717, 1.165) is 12.8 Å². The largest absolute Gasteiger partial charge is 0.397 e. The Bertz CT molecular complexity index is 407. The average Bonchev–Trinajstić information content (AvgIpc) is 2.68. The predicted octanol–water partition coefficient (Wildman–Crippen LogP) is 3.16. The Kier molecular flexibility index (Phi) is 26.6. The summed E-state index contributed by atoms with van der Waals surface area (Å²) in [5.41, 5.74) is 0. The second-order valence-electron chi connectivity index (χ2n) is 7.50. The van der Waals surface area contributed by atoms with Crippen molar-refractivity contribution in [1.29, 1.82) is 0 Å². The molecule has 30 heavy (non-hydrogen) atoms. The highest BCUT2D eigenvalue weighted by atomic mass is 32.3. The minimum absolute atomic E-state index is 0.0694. The molecule has 0 bridgehead atoms. The summed E-state index contributed by atoms with van der Waals surface area (Å²) in [6.45, 7) is 4.09. The first kappa shape index (κ1) is 31.9. The van der Waals surface area contributed by atoms with Crippen LogP contribution in [0.1, 0.15) is 90.4 Å². The molecule has 0 amide bonds. The Morgan fingerprint density at radius 1 is 0.633 bits per heavy atom. The van der Waals surface area contributed by atoms with Crippen LogP contribution in [0.15, 0.2) is 0 Å². The number of aliphatic hydroxyl groups excluding tert-OH is 3. The van der Waals surface area contributed by atoms with Gasteiger partial charge in [0.25, 0.3) is 0 Å². The van der Waals surface area contributed by atoms with Gasteiger partial charge >= 0.3 is 10.4 Å². The van der Waals surface area contributed by atoms with Crippen LogP contribution in [0.4, 0.5) is 0 Å². The minimum atomic E-state index is -4.24. The van der Waals surface area contributed by atoms with E-state index in [9.17, 15) is 8.42 Å². The summed E-state index contributed by atoms with van der Waals surface area (Å²) in [6, 6.07) is 0. The van der Waals surface area contributed by atoms with Gasteiger partial charge in [-0.25, -0.2) is 4.18 Å². The maximum atomic E-state index is 10.3. The molecule has 0 saturated carbocycles. The summed E-state index contributed by atoms with van der Waals surface area (Å²) >= 11 is 0. The fourth-order valence-electron chi connectivity index (χ4n) is 3.04. The smallest absolute Gasteiger partial charge is 0.395 e. The van der Waals surface area contributed by atoms with E-state index >= 15 is 0 Å². The summed E-state index contributed by atoms with van der Waals surface area (Å²) in [6.07, 6.45) is 16.1. The summed E-state index contributed by atoms with van der Waals surface area (Å²) in [4.78, 5) is 1.79. The first-order valence-corrected chi connectivity index (χ1v) is 12.9. The lowest BCUT2D eigenvalue weighted by atomic mass is 10.0. The number of hydrogen-bond donors (Lipinski definition) is 4. The summed E-state index contributed by atoms with van der Waals surface area (Å²) in [5, 5.41) is 25.5. The zero-order valence-electron chi connectivity index (χ0n) is 19.0. The molecule has 0 aliphatic carbocycles. The van der Waals surface area contributed by atoms with Gasteiger partial charge in [0.15, 0.2) is 0 Å². The molecule has 0 spiro atoms. The number of aliphatic hydroxyl groups is 3. The van der Waals surface area contributed by atoms with Gasteiger partial charge in [0.1, 0.15) is 0 Å². The fraction of sp³-hybridized carbons (Fsp3) is 1.00. The number of hydrogen-bond acceptors (Lipinski definition) is 7. The van der Waals surface area contributed by atoms with Crippen molar-refractivity contribution in [2.45, 2.75) is 90.4 Å². The Morgan fingerprint density at radius 3 is 1.27 bits per heavy atom. The van der Waals surface area contributed by atoms with Crippen molar-refractivity contribution in [1.82, 2.24) is 4.90 Å². The van der Waals surface area contributed by atoms with E-state index in [-0.39, 0.29) is 26.4 Å². The van der Waals surface area contributed by atoms with Gasteiger partial charge < -0.3 is 15.3 Å². The maximum absolute atomic E-state index is 10.3. The van der Waals surface area contributed by atoms with Gasteiger partial charge in [0.05, 0.1) is 26.4 Å². The van der Waals surface area contributed by atoms with Crippen LogP contribution in [0.5, 0.6) is 0 Å². The van der Waals surface area contributed by atoms with Gasteiger partial charge in [-0.1, -0.05) is 84.0 Å². The second kappa shape index (κ2) is 25.0. The van der Waals surface area contributed by atoms with E-state index in [0.29, 0.717) is 26.1 Å². The molecular formula is C21H47NO7S. The van der Waals surface area contributed by atoms with Crippen LogP contribution in [-0.4, -0.2) is 79.3 Å². The van der Waals surface area contributed by atoms with Crippen LogP contribution >= 0.6 is 0 Å². The van der Waals surface area contributed by atoms with Crippen LogP contribution in [0, 0.1) is 0 Å². The van der Waals surface area contributed by atoms with Gasteiger partial charge in [0.2, 0.25) is 0 Å². The Balaban J connectivity index is 0. The highest BCUT2D eigenvalue weighted by molar-refractivity contribution is 7.80. The molecule has 0 saturated heterocycles. The number of nitrogens with zero attached hydrogens (tertiary/aromatic N) is 1.